The lowest BCUT2D eigenvalue weighted by molar-refractivity contribution is -0.119. The van der Waals surface area contributed by atoms with Gasteiger partial charge in [0.05, 0.1) is 42.1 Å². The molecule has 11 nitrogen and oxygen atoms in total. The lowest BCUT2D eigenvalue weighted by Gasteiger charge is -2.24. The van der Waals surface area contributed by atoms with E-state index in [1.54, 1.807) is 48.9 Å². The van der Waals surface area contributed by atoms with Crippen molar-refractivity contribution in [3.05, 3.63) is 94.0 Å². The quantitative estimate of drug-likeness (QED) is 0.115. The molecular formula is C35H39FN4O7. The minimum atomic E-state index is -0.808. The maximum Gasteiger partial charge on any atom is 0.343 e. The van der Waals surface area contributed by atoms with Crippen molar-refractivity contribution in [3.8, 4) is 11.4 Å². The number of amides is 1. The second-order valence-corrected chi connectivity index (χ2v) is 11.1. The van der Waals surface area contributed by atoms with Crippen molar-refractivity contribution in [2.75, 3.05) is 57.0 Å². The molecular weight excluding hydrogens is 607 g/mol. The Balaban J connectivity index is 1.65. The van der Waals surface area contributed by atoms with Gasteiger partial charge in [-0.2, -0.15) is 0 Å². The average molecular weight is 647 g/mol. The van der Waals surface area contributed by atoms with E-state index in [-0.39, 0.29) is 54.2 Å². The summed E-state index contributed by atoms with van der Waals surface area (Å²) in [4.78, 5) is 40.7. The fraction of sp³-hybridized carbons (Fsp3) is 0.343. The zero-order chi connectivity index (χ0) is 33.3. The van der Waals surface area contributed by atoms with Gasteiger partial charge in [-0.05, 0) is 49.2 Å². The molecule has 0 bridgehead atoms. The highest BCUT2D eigenvalue weighted by Crippen LogP contribution is 2.36. The van der Waals surface area contributed by atoms with Crippen LogP contribution in [0.15, 0.2) is 71.7 Å². The van der Waals surface area contributed by atoms with Crippen molar-refractivity contribution in [2.24, 2.45) is 0 Å². The van der Waals surface area contributed by atoms with E-state index in [0.29, 0.717) is 49.7 Å². The minimum absolute atomic E-state index is 0.0113. The van der Waals surface area contributed by atoms with E-state index in [4.69, 9.17) is 18.9 Å². The Hall–Kier alpha value is -4.94. The van der Waals surface area contributed by atoms with Gasteiger partial charge in [-0.3, -0.25) is 9.59 Å². The minimum Gasteiger partial charge on any atom is -0.468 e. The number of fused-ring (bicyclic) bond motifs is 1. The number of pyridine rings is 1. The molecule has 0 saturated carbocycles. The normalized spacial score (nSPS) is 14.3. The van der Waals surface area contributed by atoms with Crippen LogP contribution in [0.2, 0.25) is 0 Å². The van der Waals surface area contributed by atoms with Crippen molar-refractivity contribution in [1.29, 1.82) is 0 Å². The van der Waals surface area contributed by atoms with Crippen LogP contribution in [0.4, 0.5) is 15.8 Å². The standard InChI is InChI=1S/C35H39FN4O7/c1-4-46-35(43)28-21-40(26-10-12-27(13-11-26)47-22-45-17-16-44-3)29-18-30(39-15-14-25(20-39)38-23(2)41)32(36)33(31(29)34(28)42)37-19-24-8-6-5-7-9-24/h5-13,18,21,25,37H,4,14-17,19-20,22H2,1-3H3,(H,38,41). The van der Waals surface area contributed by atoms with Gasteiger partial charge in [-0.25, -0.2) is 9.18 Å². The van der Waals surface area contributed by atoms with Crippen LogP contribution in [-0.2, 0) is 25.5 Å². The third-order valence-corrected chi connectivity index (χ3v) is 7.81. The lowest BCUT2D eigenvalue weighted by atomic mass is 10.1. The summed E-state index contributed by atoms with van der Waals surface area (Å²) in [6.07, 6.45) is 2.06. The Morgan fingerprint density at radius 2 is 1.83 bits per heavy atom. The number of rotatable bonds is 14. The fourth-order valence-corrected chi connectivity index (χ4v) is 5.59. The first-order chi connectivity index (χ1) is 22.8. The molecule has 1 aromatic heterocycles. The van der Waals surface area contributed by atoms with Crippen LogP contribution in [-0.4, -0.2) is 69.3 Å². The van der Waals surface area contributed by atoms with Gasteiger partial charge in [0.1, 0.15) is 11.3 Å². The van der Waals surface area contributed by atoms with Crippen LogP contribution in [0.1, 0.15) is 36.2 Å². The number of carbonyl (C=O) groups is 2. The molecule has 1 saturated heterocycles. The summed E-state index contributed by atoms with van der Waals surface area (Å²) in [5.41, 5.74) is 1.22. The van der Waals surface area contributed by atoms with Crippen molar-refractivity contribution >= 4 is 34.2 Å². The molecule has 2 heterocycles. The highest BCUT2D eigenvalue weighted by Gasteiger charge is 2.29. The number of nitrogens with one attached hydrogen (secondary N) is 2. The monoisotopic (exact) mass is 646 g/mol. The summed E-state index contributed by atoms with van der Waals surface area (Å²) in [6, 6.07) is 17.9. The molecule has 0 aliphatic carbocycles. The molecule has 1 atom stereocenters. The van der Waals surface area contributed by atoms with Gasteiger partial charge in [0.25, 0.3) is 0 Å². The molecule has 47 heavy (non-hydrogen) atoms. The van der Waals surface area contributed by atoms with Crippen molar-refractivity contribution in [2.45, 2.75) is 32.9 Å². The molecule has 1 unspecified atom stereocenters. The number of hydrogen-bond donors (Lipinski definition) is 2. The molecule has 3 aromatic carbocycles. The molecule has 12 heteroatoms. The zero-order valence-corrected chi connectivity index (χ0v) is 26.7. The smallest absolute Gasteiger partial charge is 0.343 e. The number of anilines is 2. The van der Waals surface area contributed by atoms with Gasteiger partial charge in [0.15, 0.2) is 12.6 Å². The number of ether oxygens (including phenoxy) is 4. The predicted octanol–water partition coefficient (Wildman–Crippen LogP) is 4.63. The van der Waals surface area contributed by atoms with E-state index in [9.17, 15) is 14.4 Å². The van der Waals surface area contributed by atoms with E-state index in [2.05, 4.69) is 10.6 Å². The fourth-order valence-electron chi connectivity index (χ4n) is 5.59. The largest absolute Gasteiger partial charge is 0.468 e. The summed E-state index contributed by atoms with van der Waals surface area (Å²) in [6.45, 7) is 5.15. The maximum atomic E-state index is 16.7. The van der Waals surface area contributed by atoms with Crippen LogP contribution < -0.4 is 25.7 Å². The van der Waals surface area contributed by atoms with E-state index < -0.39 is 17.2 Å². The highest BCUT2D eigenvalue weighted by molar-refractivity contribution is 6.01. The zero-order valence-electron chi connectivity index (χ0n) is 26.7. The molecule has 2 N–H and O–H groups in total. The molecule has 1 fully saturated rings. The second kappa shape index (κ2) is 15.6. The Kier molecular flexibility index (Phi) is 11.1. The predicted molar refractivity (Wildman–Crippen MR) is 177 cm³/mol. The maximum absolute atomic E-state index is 16.7. The van der Waals surface area contributed by atoms with E-state index in [1.165, 1.54) is 13.1 Å². The second-order valence-electron chi connectivity index (χ2n) is 11.1. The lowest BCUT2D eigenvalue weighted by Crippen LogP contribution is -2.35. The van der Waals surface area contributed by atoms with E-state index in [0.717, 1.165) is 5.56 Å². The molecule has 1 aliphatic rings. The molecule has 0 spiro atoms. The third kappa shape index (κ3) is 7.90. The van der Waals surface area contributed by atoms with Gasteiger partial charge in [-0.1, -0.05) is 30.3 Å². The highest BCUT2D eigenvalue weighted by atomic mass is 19.1. The van der Waals surface area contributed by atoms with E-state index >= 15 is 4.39 Å². The van der Waals surface area contributed by atoms with Crippen molar-refractivity contribution < 1.29 is 32.9 Å². The summed E-state index contributed by atoms with van der Waals surface area (Å²) < 4.78 is 39.6. The first-order valence-electron chi connectivity index (χ1n) is 15.5. The number of methoxy groups -OCH3 is 1. The first kappa shape index (κ1) is 33.4. The molecule has 1 aliphatic heterocycles. The van der Waals surface area contributed by atoms with Crippen LogP contribution in [0, 0.1) is 5.82 Å². The summed E-state index contributed by atoms with van der Waals surface area (Å²) in [5.74, 6) is -1.05. The molecule has 5 rings (SSSR count). The number of benzene rings is 3. The van der Waals surface area contributed by atoms with Gasteiger partial charge >= 0.3 is 5.97 Å². The summed E-state index contributed by atoms with van der Waals surface area (Å²) >= 11 is 0. The number of hydrogen-bond acceptors (Lipinski definition) is 9. The molecule has 248 valence electrons. The Morgan fingerprint density at radius 3 is 2.53 bits per heavy atom. The first-order valence-corrected chi connectivity index (χ1v) is 15.5. The Bertz CT molecular complexity index is 1760. The van der Waals surface area contributed by atoms with Gasteiger partial charge in [-0.15, -0.1) is 0 Å². The van der Waals surface area contributed by atoms with Crippen molar-refractivity contribution in [3.63, 3.8) is 0 Å². The summed E-state index contributed by atoms with van der Waals surface area (Å²) in [5, 5.41) is 6.09. The number of esters is 1. The van der Waals surface area contributed by atoms with Crippen LogP contribution in [0.25, 0.3) is 16.6 Å². The number of nitrogens with zero attached hydrogens (tertiary/aromatic N) is 2. The average Bonchev–Trinajstić information content (AvgIpc) is 3.52. The van der Waals surface area contributed by atoms with Crippen LogP contribution >= 0.6 is 0 Å². The van der Waals surface area contributed by atoms with Crippen LogP contribution in [0.5, 0.6) is 5.75 Å². The Morgan fingerprint density at radius 1 is 1.06 bits per heavy atom. The van der Waals surface area contributed by atoms with Crippen LogP contribution in [0.3, 0.4) is 0 Å². The third-order valence-electron chi connectivity index (χ3n) is 7.81. The van der Waals surface area contributed by atoms with Gasteiger partial charge < -0.3 is 39.0 Å². The molecule has 0 radical (unpaired) electrons. The molecule has 4 aromatic rings. The van der Waals surface area contributed by atoms with E-state index in [1.807, 2.05) is 35.2 Å². The number of halogens is 1. The summed E-state index contributed by atoms with van der Waals surface area (Å²) in [7, 11) is 1.59. The van der Waals surface area contributed by atoms with Gasteiger partial charge in [0.2, 0.25) is 11.3 Å². The Labute approximate surface area is 272 Å². The van der Waals surface area contributed by atoms with Gasteiger partial charge in [0, 0.05) is 51.6 Å². The molecule has 1 amide bonds. The van der Waals surface area contributed by atoms with Crippen molar-refractivity contribution in [1.82, 2.24) is 9.88 Å². The SMILES string of the molecule is CCOC(=O)c1cn(-c2ccc(OCOCCOC)cc2)c2cc(N3CCC(NC(C)=O)C3)c(F)c(NCc3ccccc3)c2c1=O. The number of aromatic nitrogens is 1. The topological polar surface area (TPSA) is 120 Å². The number of carbonyl (C=O) groups excluding carboxylic acids is 2.